The molecule has 0 aliphatic carbocycles. The van der Waals surface area contributed by atoms with E-state index in [0.717, 1.165) is 42.4 Å². The van der Waals surface area contributed by atoms with Gasteiger partial charge < -0.3 is 10.2 Å². The lowest BCUT2D eigenvalue weighted by atomic mass is 10.1. The molecule has 3 nitrogen and oxygen atoms in total. The first-order chi connectivity index (χ1) is 9.16. The summed E-state index contributed by atoms with van der Waals surface area (Å²) >= 11 is 6.09. The van der Waals surface area contributed by atoms with Crippen molar-refractivity contribution in [2.24, 2.45) is 0 Å². The lowest BCUT2D eigenvalue weighted by Gasteiger charge is -2.32. The number of rotatable bonds is 1. The Morgan fingerprint density at radius 1 is 1.21 bits per heavy atom. The van der Waals surface area contributed by atoms with Crippen molar-refractivity contribution in [3.63, 3.8) is 0 Å². The number of hydrogen-bond acceptors (Lipinski definition) is 3. The Labute approximate surface area is 118 Å². The number of anilines is 1. The third-order valence-electron chi connectivity index (χ3n) is 3.83. The minimum Gasteiger partial charge on any atom is -0.368 e. The first-order valence-corrected chi connectivity index (χ1v) is 7.07. The molecule has 0 spiro atoms. The Bertz CT molecular complexity index is 618. The van der Waals surface area contributed by atoms with Crippen LogP contribution in [0.15, 0.2) is 18.2 Å². The first kappa shape index (κ1) is 12.7. The van der Waals surface area contributed by atoms with Gasteiger partial charge in [-0.15, -0.1) is 0 Å². The number of aryl methyl sites for hydroxylation is 1. The molecule has 1 aliphatic rings. The second-order valence-corrected chi connectivity index (χ2v) is 5.51. The lowest BCUT2D eigenvalue weighted by molar-refractivity contribution is 0.589. The fraction of sp³-hybridized carbons (Fsp3) is 0.400. The molecule has 0 amide bonds. The number of aromatic nitrogens is 1. The van der Waals surface area contributed by atoms with Gasteiger partial charge in [-0.2, -0.15) is 0 Å². The molecule has 0 unspecified atom stereocenters. The second-order valence-electron chi connectivity index (χ2n) is 5.07. The average Bonchev–Trinajstić information content (AvgIpc) is 2.41. The fourth-order valence-electron chi connectivity index (χ4n) is 2.73. The second kappa shape index (κ2) is 4.99. The zero-order chi connectivity index (χ0) is 13.4. The Morgan fingerprint density at radius 3 is 2.68 bits per heavy atom. The quantitative estimate of drug-likeness (QED) is 0.867. The molecule has 0 atom stereocenters. The van der Waals surface area contributed by atoms with Crippen molar-refractivity contribution in [1.82, 2.24) is 10.3 Å². The Morgan fingerprint density at radius 2 is 1.95 bits per heavy atom. The third-order valence-corrected chi connectivity index (χ3v) is 4.07. The molecule has 0 bridgehead atoms. The summed E-state index contributed by atoms with van der Waals surface area (Å²) < 4.78 is 0. The molecule has 0 saturated carbocycles. The molecular weight excluding hydrogens is 258 g/mol. The maximum absolute atomic E-state index is 6.09. The van der Waals surface area contributed by atoms with Crippen LogP contribution in [0.2, 0.25) is 5.02 Å². The van der Waals surface area contributed by atoms with Crippen LogP contribution in [0.5, 0.6) is 0 Å². The van der Waals surface area contributed by atoms with Gasteiger partial charge in [0.05, 0.1) is 11.2 Å². The minimum atomic E-state index is 0.745. The molecule has 1 aliphatic heterocycles. The summed E-state index contributed by atoms with van der Waals surface area (Å²) in [6.45, 7) is 8.39. The molecule has 1 aromatic carbocycles. The van der Waals surface area contributed by atoms with Gasteiger partial charge in [0.2, 0.25) is 0 Å². The summed E-state index contributed by atoms with van der Waals surface area (Å²) in [5.74, 6) is 0. The highest BCUT2D eigenvalue weighted by molar-refractivity contribution is 6.31. The van der Waals surface area contributed by atoms with E-state index in [1.165, 1.54) is 16.6 Å². The monoisotopic (exact) mass is 275 g/mol. The van der Waals surface area contributed by atoms with Crippen LogP contribution in [-0.2, 0) is 0 Å². The molecular formula is C15H18ClN3. The smallest absolute Gasteiger partial charge is 0.0741 e. The van der Waals surface area contributed by atoms with E-state index in [9.17, 15) is 0 Å². The number of nitrogens with one attached hydrogen (secondary N) is 1. The molecule has 4 heteroatoms. The fourth-order valence-corrected chi connectivity index (χ4v) is 2.90. The minimum absolute atomic E-state index is 0.745. The molecule has 19 heavy (non-hydrogen) atoms. The van der Waals surface area contributed by atoms with Gasteiger partial charge in [0.15, 0.2) is 0 Å². The van der Waals surface area contributed by atoms with Crippen molar-refractivity contribution in [1.29, 1.82) is 0 Å². The van der Waals surface area contributed by atoms with Crippen molar-refractivity contribution in [3.8, 4) is 0 Å². The van der Waals surface area contributed by atoms with E-state index in [2.05, 4.69) is 35.1 Å². The summed E-state index contributed by atoms with van der Waals surface area (Å²) in [5, 5.41) is 5.35. The van der Waals surface area contributed by atoms with Crippen LogP contribution in [0.4, 0.5) is 5.69 Å². The number of halogens is 1. The van der Waals surface area contributed by atoms with Crippen molar-refractivity contribution in [2.75, 3.05) is 31.1 Å². The summed E-state index contributed by atoms with van der Waals surface area (Å²) in [6.07, 6.45) is 0. The number of nitrogens with zero attached hydrogens (tertiary/aromatic N) is 2. The maximum atomic E-state index is 6.09. The number of hydrogen-bond donors (Lipinski definition) is 1. The van der Waals surface area contributed by atoms with Crippen molar-refractivity contribution in [2.45, 2.75) is 13.8 Å². The molecule has 1 saturated heterocycles. The highest BCUT2D eigenvalue weighted by Gasteiger charge is 2.17. The van der Waals surface area contributed by atoms with Gasteiger partial charge in [-0.05, 0) is 37.6 Å². The van der Waals surface area contributed by atoms with Crippen LogP contribution in [0, 0.1) is 13.8 Å². The zero-order valence-electron chi connectivity index (χ0n) is 11.3. The van der Waals surface area contributed by atoms with Gasteiger partial charge in [-0.25, -0.2) is 0 Å². The Kier molecular flexibility index (Phi) is 3.33. The number of pyridine rings is 1. The van der Waals surface area contributed by atoms with E-state index in [4.69, 9.17) is 11.6 Å². The summed E-state index contributed by atoms with van der Waals surface area (Å²) in [6, 6.07) is 6.00. The SMILES string of the molecule is Cc1nc2cc(Cl)ccc2c(N2CCNCC2)c1C. The van der Waals surface area contributed by atoms with Crippen LogP contribution in [0.1, 0.15) is 11.3 Å². The van der Waals surface area contributed by atoms with Crippen LogP contribution in [0.3, 0.4) is 0 Å². The Balaban J connectivity index is 2.22. The highest BCUT2D eigenvalue weighted by atomic mass is 35.5. The van der Waals surface area contributed by atoms with Gasteiger partial charge in [0, 0.05) is 42.3 Å². The van der Waals surface area contributed by atoms with Crippen LogP contribution in [0.25, 0.3) is 10.9 Å². The van der Waals surface area contributed by atoms with Gasteiger partial charge in [0.1, 0.15) is 0 Å². The van der Waals surface area contributed by atoms with Crippen molar-refractivity contribution in [3.05, 3.63) is 34.5 Å². The summed E-state index contributed by atoms with van der Waals surface area (Å²) in [7, 11) is 0. The van der Waals surface area contributed by atoms with Gasteiger partial charge in [-0.1, -0.05) is 11.6 Å². The standard InChI is InChI=1S/C15H18ClN3/c1-10-11(2)18-14-9-12(16)3-4-13(14)15(10)19-7-5-17-6-8-19/h3-4,9,17H,5-8H2,1-2H3. The largest absolute Gasteiger partial charge is 0.368 e. The molecule has 100 valence electrons. The van der Waals surface area contributed by atoms with Crippen LogP contribution in [-0.4, -0.2) is 31.2 Å². The number of piperazine rings is 1. The molecule has 2 heterocycles. The predicted octanol–water partition coefficient (Wildman–Crippen LogP) is 2.91. The van der Waals surface area contributed by atoms with Crippen LogP contribution >= 0.6 is 11.6 Å². The molecule has 1 N–H and O–H groups in total. The van der Waals surface area contributed by atoms with Crippen LogP contribution < -0.4 is 10.2 Å². The predicted molar refractivity (Wildman–Crippen MR) is 81.3 cm³/mol. The Hall–Kier alpha value is -1.32. The maximum Gasteiger partial charge on any atom is 0.0741 e. The molecule has 1 aromatic heterocycles. The summed E-state index contributed by atoms with van der Waals surface area (Å²) in [5.41, 5.74) is 4.67. The molecule has 1 fully saturated rings. The molecule has 3 rings (SSSR count). The van der Waals surface area contributed by atoms with Crippen molar-refractivity contribution < 1.29 is 0 Å². The average molecular weight is 276 g/mol. The van der Waals surface area contributed by atoms with Crippen molar-refractivity contribution >= 4 is 28.2 Å². The van der Waals surface area contributed by atoms with E-state index in [0.29, 0.717) is 0 Å². The number of benzene rings is 1. The van der Waals surface area contributed by atoms with Gasteiger partial charge in [0.25, 0.3) is 0 Å². The van der Waals surface area contributed by atoms with Gasteiger partial charge >= 0.3 is 0 Å². The lowest BCUT2D eigenvalue weighted by Crippen LogP contribution is -2.44. The normalized spacial score (nSPS) is 16.1. The van der Waals surface area contributed by atoms with E-state index in [1.807, 2.05) is 12.1 Å². The zero-order valence-corrected chi connectivity index (χ0v) is 12.1. The van der Waals surface area contributed by atoms with Gasteiger partial charge in [-0.3, -0.25) is 4.98 Å². The topological polar surface area (TPSA) is 28.2 Å². The third kappa shape index (κ3) is 2.28. The van der Waals surface area contributed by atoms with E-state index >= 15 is 0 Å². The number of fused-ring (bicyclic) bond motifs is 1. The highest BCUT2D eigenvalue weighted by Crippen LogP contribution is 2.32. The molecule has 0 radical (unpaired) electrons. The summed E-state index contributed by atoms with van der Waals surface area (Å²) in [4.78, 5) is 7.12. The van der Waals surface area contributed by atoms with E-state index in [-0.39, 0.29) is 0 Å². The van der Waals surface area contributed by atoms with E-state index in [1.54, 1.807) is 0 Å². The van der Waals surface area contributed by atoms with E-state index < -0.39 is 0 Å². The first-order valence-electron chi connectivity index (χ1n) is 6.69. The molecule has 2 aromatic rings.